The summed E-state index contributed by atoms with van der Waals surface area (Å²) in [7, 11) is 3.03. The number of methoxy groups -OCH3 is 2. The van der Waals surface area contributed by atoms with Crippen molar-refractivity contribution in [3.63, 3.8) is 0 Å². The molecule has 0 heterocycles. The quantitative estimate of drug-likeness (QED) is 0.725. The van der Waals surface area contributed by atoms with Crippen LogP contribution in [-0.4, -0.2) is 19.5 Å². The van der Waals surface area contributed by atoms with Crippen molar-refractivity contribution in [2.75, 3.05) is 14.2 Å². The van der Waals surface area contributed by atoms with Crippen LogP contribution in [-0.2, 0) is 0 Å². The molecule has 0 aromatic heterocycles. The number of benzene rings is 1. The van der Waals surface area contributed by atoms with E-state index in [2.05, 4.69) is 0 Å². The lowest BCUT2D eigenvalue weighted by molar-refractivity contribution is 0.107. The van der Waals surface area contributed by atoms with E-state index in [1.54, 1.807) is 12.1 Å². The average molecular weight is 215 g/mol. The van der Waals surface area contributed by atoms with Crippen molar-refractivity contribution >= 4 is 16.8 Å². The first kappa shape index (κ1) is 10.9. The minimum absolute atomic E-state index is 0.316. The molecule has 0 amide bonds. The van der Waals surface area contributed by atoms with Gasteiger partial charge in [-0.1, -0.05) is 0 Å². The molecule has 0 aliphatic rings. The fourth-order valence-corrected chi connectivity index (χ4v) is 1.35. The third-order valence-corrected chi connectivity index (χ3v) is 2.13. The molecular weight excluding hydrogens is 204 g/mol. The minimum Gasteiger partial charge on any atom is -0.496 e. The number of rotatable bonds is 3. The van der Waals surface area contributed by atoms with E-state index in [1.165, 1.54) is 14.2 Å². The zero-order chi connectivity index (χ0) is 10.7. The molecule has 0 radical (unpaired) electrons. The van der Waals surface area contributed by atoms with Gasteiger partial charge in [0.2, 0.25) is 0 Å². The molecular formula is C10H11ClO3. The maximum atomic E-state index is 11.0. The van der Waals surface area contributed by atoms with Crippen molar-refractivity contribution < 1.29 is 14.3 Å². The number of ether oxygens (including phenoxy) is 2. The van der Waals surface area contributed by atoms with Crippen molar-refractivity contribution in [2.45, 2.75) is 6.92 Å². The highest BCUT2D eigenvalue weighted by molar-refractivity contribution is 6.68. The van der Waals surface area contributed by atoms with Gasteiger partial charge in [-0.05, 0) is 36.2 Å². The number of carbonyl (C=O) groups excluding carboxylic acids is 1. The highest BCUT2D eigenvalue weighted by Crippen LogP contribution is 2.29. The van der Waals surface area contributed by atoms with E-state index in [-0.39, 0.29) is 0 Å². The van der Waals surface area contributed by atoms with E-state index < -0.39 is 5.24 Å². The molecule has 0 aliphatic heterocycles. The van der Waals surface area contributed by atoms with Gasteiger partial charge < -0.3 is 9.47 Å². The van der Waals surface area contributed by atoms with Crippen LogP contribution in [0.5, 0.6) is 11.5 Å². The summed E-state index contributed by atoms with van der Waals surface area (Å²) < 4.78 is 10.1. The summed E-state index contributed by atoms with van der Waals surface area (Å²) in [5.74, 6) is 1.08. The van der Waals surface area contributed by atoms with Crippen LogP contribution in [0.3, 0.4) is 0 Å². The number of halogens is 1. The molecule has 0 fully saturated rings. The summed E-state index contributed by atoms with van der Waals surface area (Å²) in [4.78, 5) is 11.0. The molecule has 0 atom stereocenters. The fraction of sp³-hybridized carbons (Fsp3) is 0.300. The van der Waals surface area contributed by atoms with Crippen molar-refractivity contribution in [2.24, 2.45) is 0 Å². The Morgan fingerprint density at radius 3 is 2.21 bits per heavy atom. The maximum Gasteiger partial charge on any atom is 0.256 e. The van der Waals surface area contributed by atoms with E-state index in [0.717, 1.165) is 5.56 Å². The Morgan fingerprint density at radius 2 is 1.79 bits per heavy atom. The van der Waals surface area contributed by atoms with Gasteiger partial charge in [0.25, 0.3) is 5.24 Å². The van der Waals surface area contributed by atoms with Crippen molar-refractivity contribution in [3.8, 4) is 11.5 Å². The second-order valence-electron chi connectivity index (χ2n) is 2.80. The molecule has 0 aliphatic carbocycles. The molecule has 14 heavy (non-hydrogen) atoms. The standard InChI is InChI=1S/C10H11ClO3/c1-6-4-9(14-3)7(10(11)12)5-8(6)13-2/h4-5H,1-3H3. The fourth-order valence-electron chi connectivity index (χ4n) is 1.20. The molecule has 0 saturated carbocycles. The highest BCUT2D eigenvalue weighted by Gasteiger charge is 2.13. The number of carbonyl (C=O) groups is 1. The Hall–Kier alpha value is -1.22. The van der Waals surface area contributed by atoms with Gasteiger partial charge in [0, 0.05) is 0 Å². The van der Waals surface area contributed by atoms with Gasteiger partial charge in [-0.15, -0.1) is 0 Å². The maximum absolute atomic E-state index is 11.0. The summed E-state index contributed by atoms with van der Waals surface area (Å²) in [6, 6.07) is 3.29. The Morgan fingerprint density at radius 1 is 1.21 bits per heavy atom. The molecule has 1 aromatic carbocycles. The number of hydrogen-bond acceptors (Lipinski definition) is 3. The van der Waals surface area contributed by atoms with Crippen molar-refractivity contribution in [3.05, 3.63) is 23.3 Å². The highest BCUT2D eigenvalue weighted by atomic mass is 35.5. The monoisotopic (exact) mass is 214 g/mol. The first-order valence-electron chi connectivity index (χ1n) is 4.02. The molecule has 1 rings (SSSR count). The lowest BCUT2D eigenvalue weighted by Crippen LogP contribution is -1.98. The average Bonchev–Trinajstić information content (AvgIpc) is 2.16. The Balaban J connectivity index is 3.32. The predicted octanol–water partition coefficient (Wildman–Crippen LogP) is 2.39. The minimum atomic E-state index is -0.555. The third-order valence-electron chi connectivity index (χ3n) is 1.93. The van der Waals surface area contributed by atoms with Crippen molar-refractivity contribution in [1.29, 1.82) is 0 Å². The zero-order valence-electron chi connectivity index (χ0n) is 8.26. The second kappa shape index (κ2) is 4.33. The van der Waals surface area contributed by atoms with Crippen LogP contribution in [0, 0.1) is 6.92 Å². The molecule has 1 aromatic rings. The van der Waals surface area contributed by atoms with Gasteiger partial charge in [0.1, 0.15) is 11.5 Å². The van der Waals surface area contributed by atoms with Gasteiger partial charge in [0.05, 0.1) is 19.8 Å². The lowest BCUT2D eigenvalue weighted by Gasteiger charge is -2.09. The normalized spacial score (nSPS) is 9.71. The summed E-state index contributed by atoms with van der Waals surface area (Å²) >= 11 is 5.39. The van der Waals surface area contributed by atoms with E-state index in [0.29, 0.717) is 17.1 Å². The van der Waals surface area contributed by atoms with Crippen LogP contribution in [0.2, 0.25) is 0 Å². The molecule has 0 N–H and O–H groups in total. The van der Waals surface area contributed by atoms with Gasteiger partial charge in [-0.2, -0.15) is 0 Å². The van der Waals surface area contributed by atoms with Gasteiger partial charge >= 0.3 is 0 Å². The molecule has 0 spiro atoms. The van der Waals surface area contributed by atoms with E-state index in [1.807, 2.05) is 6.92 Å². The number of hydrogen-bond donors (Lipinski definition) is 0. The van der Waals surface area contributed by atoms with Gasteiger partial charge in [0.15, 0.2) is 0 Å². The third kappa shape index (κ3) is 1.99. The van der Waals surface area contributed by atoms with Gasteiger partial charge in [-0.3, -0.25) is 4.79 Å². The lowest BCUT2D eigenvalue weighted by atomic mass is 10.1. The molecule has 4 heteroatoms. The van der Waals surface area contributed by atoms with E-state index in [9.17, 15) is 4.79 Å². The molecule has 0 bridgehead atoms. The van der Waals surface area contributed by atoms with Crippen LogP contribution in [0.4, 0.5) is 0 Å². The zero-order valence-corrected chi connectivity index (χ0v) is 9.01. The summed E-state index contributed by atoms with van der Waals surface area (Å²) in [6.45, 7) is 1.86. The largest absolute Gasteiger partial charge is 0.496 e. The van der Waals surface area contributed by atoms with Crippen LogP contribution >= 0.6 is 11.6 Å². The summed E-state index contributed by atoms with van der Waals surface area (Å²) in [5, 5.41) is -0.555. The van der Waals surface area contributed by atoms with E-state index >= 15 is 0 Å². The smallest absolute Gasteiger partial charge is 0.256 e. The first-order chi connectivity index (χ1) is 6.60. The molecule has 0 saturated heterocycles. The van der Waals surface area contributed by atoms with Crippen LogP contribution < -0.4 is 9.47 Å². The van der Waals surface area contributed by atoms with Crippen LogP contribution in [0.1, 0.15) is 15.9 Å². The van der Waals surface area contributed by atoms with E-state index in [4.69, 9.17) is 21.1 Å². The van der Waals surface area contributed by atoms with Gasteiger partial charge in [-0.25, -0.2) is 0 Å². The SMILES string of the molecule is COc1cc(C(=O)Cl)c(OC)cc1C. The first-order valence-corrected chi connectivity index (χ1v) is 4.40. The Labute approximate surface area is 87.6 Å². The molecule has 0 unspecified atom stereocenters. The summed E-state index contributed by atoms with van der Waals surface area (Å²) in [5.41, 5.74) is 1.21. The van der Waals surface area contributed by atoms with Crippen molar-refractivity contribution in [1.82, 2.24) is 0 Å². The Bertz CT molecular complexity index is 361. The topological polar surface area (TPSA) is 35.5 Å². The second-order valence-corrected chi connectivity index (χ2v) is 3.14. The van der Waals surface area contributed by atoms with Crippen LogP contribution in [0.15, 0.2) is 12.1 Å². The Kier molecular flexibility index (Phi) is 3.36. The molecule has 76 valence electrons. The number of aryl methyl sites for hydroxylation is 1. The van der Waals surface area contributed by atoms with Crippen LogP contribution in [0.25, 0.3) is 0 Å². The summed E-state index contributed by atoms with van der Waals surface area (Å²) in [6.07, 6.45) is 0. The molecule has 3 nitrogen and oxygen atoms in total. The predicted molar refractivity (Wildman–Crippen MR) is 54.5 cm³/mol.